The van der Waals surface area contributed by atoms with Crippen molar-refractivity contribution in [3.63, 3.8) is 0 Å². The maximum absolute atomic E-state index is 12.0. The van der Waals surface area contributed by atoms with Crippen molar-refractivity contribution in [2.75, 3.05) is 19.7 Å². The zero-order chi connectivity index (χ0) is 10.8. The zero-order valence-electron chi connectivity index (χ0n) is 9.19. The van der Waals surface area contributed by atoms with E-state index in [4.69, 9.17) is 4.74 Å². The molecule has 2 heterocycles. The van der Waals surface area contributed by atoms with Gasteiger partial charge in [0.15, 0.2) is 0 Å². The fraction of sp³-hybridized carbons (Fsp3) is 0.909. The molecule has 0 aliphatic carbocycles. The second kappa shape index (κ2) is 4.49. The molecule has 1 N–H and O–H groups in total. The lowest BCUT2D eigenvalue weighted by atomic mass is 9.96. The summed E-state index contributed by atoms with van der Waals surface area (Å²) in [5.41, 5.74) is 0. The van der Waals surface area contributed by atoms with Crippen LogP contribution in [0, 0.1) is 5.92 Å². The van der Waals surface area contributed by atoms with Gasteiger partial charge in [-0.25, -0.2) is 0 Å². The fourth-order valence-electron chi connectivity index (χ4n) is 2.31. The number of aliphatic hydroxyl groups is 1. The standard InChI is InChI=1S/C11H19NO3/c1-8-7-12(5-4-9(8)13)11(14)10-3-2-6-15-10/h8-10,13H,2-7H2,1H3. The minimum absolute atomic E-state index is 0.117. The molecular formula is C11H19NO3. The van der Waals surface area contributed by atoms with Gasteiger partial charge in [0, 0.05) is 19.7 Å². The number of ether oxygens (including phenoxy) is 1. The summed E-state index contributed by atoms with van der Waals surface area (Å²) in [4.78, 5) is 13.8. The average Bonchev–Trinajstić information content (AvgIpc) is 2.74. The second-order valence-electron chi connectivity index (χ2n) is 4.62. The molecule has 0 radical (unpaired) electrons. The molecule has 3 atom stereocenters. The van der Waals surface area contributed by atoms with E-state index in [0.29, 0.717) is 26.1 Å². The highest BCUT2D eigenvalue weighted by Gasteiger charge is 2.32. The lowest BCUT2D eigenvalue weighted by Gasteiger charge is -2.35. The van der Waals surface area contributed by atoms with E-state index in [0.717, 1.165) is 12.8 Å². The number of hydrogen-bond acceptors (Lipinski definition) is 3. The first kappa shape index (κ1) is 10.9. The van der Waals surface area contributed by atoms with Crippen molar-refractivity contribution in [1.29, 1.82) is 0 Å². The highest BCUT2D eigenvalue weighted by molar-refractivity contribution is 5.81. The summed E-state index contributed by atoms with van der Waals surface area (Å²) in [5, 5.41) is 9.57. The van der Waals surface area contributed by atoms with Gasteiger partial charge in [0.25, 0.3) is 5.91 Å². The Balaban J connectivity index is 1.90. The predicted molar refractivity (Wildman–Crippen MR) is 55.3 cm³/mol. The third-order valence-electron chi connectivity index (χ3n) is 3.38. The van der Waals surface area contributed by atoms with Crippen LogP contribution in [-0.4, -0.2) is 47.8 Å². The van der Waals surface area contributed by atoms with Crippen LogP contribution in [0.15, 0.2) is 0 Å². The van der Waals surface area contributed by atoms with E-state index < -0.39 is 0 Å². The quantitative estimate of drug-likeness (QED) is 0.685. The lowest BCUT2D eigenvalue weighted by molar-refractivity contribution is -0.144. The molecule has 86 valence electrons. The molecule has 0 spiro atoms. The van der Waals surface area contributed by atoms with Gasteiger partial charge in [-0.05, 0) is 25.2 Å². The van der Waals surface area contributed by atoms with Crippen molar-refractivity contribution >= 4 is 5.91 Å². The monoisotopic (exact) mass is 213 g/mol. The van der Waals surface area contributed by atoms with Gasteiger partial charge in [0.05, 0.1) is 6.10 Å². The SMILES string of the molecule is CC1CN(C(=O)C2CCCO2)CCC1O. The predicted octanol–water partition coefficient (Wildman–Crippen LogP) is 0.395. The molecule has 3 unspecified atom stereocenters. The Labute approximate surface area is 90.2 Å². The van der Waals surface area contributed by atoms with Gasteiger partial charge in [-0.1, -0.05) is 6.92 Å². The fourth-order valence-corrected chi connectivity index (χ4v) is 2.31. The van der Waals surface area contributed by atoms with E-state index in [1.165, 1.54) is 0 Å². The molecule has 0 saturated carbocycles. The Morgan fingerprint density at radius 3 is 2.87 bits per heavy atom. The second-order valence-corrected chi connectivity index (χ2v) is 4.62. The number of carbonyl (C=O) groups excluding carboxylic acids is 1. The van der Waals surface area contributed by atoms with Crippen LogP contribution < -0.4 is 0 Å². The van der Waals surface area contributed by atoms with Crippen LogP contribution in [0.3, 0.4) is 0 Å². The summed E-state index contributed by atoms with van der Waals surface area (Å²) < 4.78 is 5.38. The highest BCUT2D eigenvalue weighted by atomic mass is 16.5. The van der Waals surface area contributed by atoms with Gasteiger partial charge in [0.1, 0.15) is 6.10 Å². The van der Waals surface area contributed by atoms with E-state index in [1.807, 2.05) is 11.8 Å². The van der Waals surface area contributed by atoms with Crippen LogP contribution in [-0.2, 0) is 9.53 Å². The normalized spacial score (nSPS) is 36.9. The Morgan fingerprint density at radius 2 is 2.27 bits per heavy atom. The summed E-state index contributed by atoms with van der Waals surface area (Å²) in [6.07, 6.45) is 2.07. The molecule has 2 fully saturated rings. The van der Waals surface area contributed by atoms with E-state index in [2.05, 4.69) is 0 Å². The summed E-state index contributed by atoms with van der Waals surface area (Å²) in [6.45, 7) is 4.03. The van der Waals surface area contributed by atoms with E-state index in [9.17, 15) is 9.90 Å². The van der Waals surface area contributed by atoms with Crippen molar-refractivity contribution in [2.24, 2.45) is 5.92 Å². The van der Waals surface area contributed by atoms with Gasteiger partial charge in [-0.3, -0.25) is 4.79 Å². The topological polar surface area (TPSA) is 49.8 Å². The molecule has 1 amide bonds. The number of amides is 1. The Hall–Kier alpha value is -0.610. The summed E-state index contributed by atoms with van der Waals surface area (Å²) in [5.74, 6) is 0.301. The number of nitrogens with zero attached hydrogens (tertiary/aromatic N) is 1. The molecular weight excluding hydrogens is 194 g/mol. The van der Waals surface area contributed by atoms with Gasteiger partial charge in [-0.15, -0.1) is 0 Å². The zero-order valence-corrected chi connectivity index (χ0v) is 9.19. The first-order valence-electron chi connectivity index (χ1n) is 5.77. The number of piperidine rings is 1. The number of aliphatic hydroxyl groups excluding tert-OH is 1. The molecule has 0 aromatic heterocycles. The minimum atomic E-state index is -0.251. The summed E-state index contributed by atoms with van der Waals surface area (Å²) in [7, 11) is 0. The highest BCUT2D eigenvalue weighted by Crippen LogP contribution is 2.20. The van der Waals surface area contributed by atoms with E-state index in [-0.39, 0.29) is 24.0 Å². The molecule has 2 aliphatic heterocycles. The molecule has 0 bridgehead atoms. The van der Waals surface area contributed by atoms with Gasteiger partial charge < -0.3 is 14.7 Å². The minimum Gasteiger partial charge on any atom is -0.393 e. The first-order valence-corrected chi connectivity index (χ1v) is 5.77. The summed E-state index contributed by atoms with van der Waals surface area (Å²) >= 11 is 0. The number of likely N-dealkylation sites (tertiary alicyclic amines) is 1. The third-order valence-corrected chi connectivity index (χ3v) is 3.38. The van der Waals surface area contributed by atoms with Crippen molar-refractivity contribution in [1.82, 2.24) is 4.90 Å². The van der Waals surface area contributed by atoms with Crippen LogP contribution in [0.25, 0.3) is 0 Å². The maximum Gasteiger partial charge on any atom is 0.251 e. The van der Waals surface area contributed by atoms with E-state index in [1.54, 1.807) is 0 Å². The molecule has 2 rings (SSSR count). The molecule has 0 aromatic carbocycles. The smallest absolute Gasteiger partial charge is 0.251 e. The third kappa shape index (κ3) is 2.32. The molecule has 15 heavy (non-hydrogen) atoms. The number of carbonyl (C=O) groups is 1. The van der Waals surface area contributed by atoms with Crippen LogP contribution in [0.1, 0.15) is 26.2 Å². The van der Waals surface area contributed by atoms with Crippen LogP contribution in [0.5, 0.6) is 0 Å². The Morgan fingerprint density at radius 1 is 1.47 bits per heavy atom. The molecule has 2 aliphatic rings. The van der Waals surface area contributed by atoms with Crippen molar-refractivity contribution in [2.45, 2.75) is 38.4 Å². The van der Waals surface area contributed by atoms with Crippen molar-refractivity contribution < 1.29 is 14.6 Å². The Kier molecular flexibility index (Phi) is 3.26. The summed E-state index contributed by atoms with van der Waals surface area (Å²) in [6, 6.07) is 0. The molecule has 4 nitrogen and oxygen atoms in total. The van der Waals surface area contributed by atoms with Crippen molar-refractivity contribution in [3.05, 3.63) is 0 Å². The Bertz CT molecular complexity index is 238. The molecule has 2 saturated heterocycles. The van der Waals surface area contributed by atoms with Crippen LogP contribution >= 0.6 is 0 Å². The molecule has 4 heteroatoms. The van der Waals surface area contributed by atoms with Crippen LogP contribution in [0.4, 0.5) is 0 Å². The van der Waals surface area contributed by atoms with Crippen LogP contribution in [0.2, 0.25) is 0 Å². The molecule has 0 aromatic rings. The van der Waals surface area contributed by atoms with E-state index >= 15 is 0 Å². The number of rotatable bonds is 1. The van der Waals surface area contributed by atoms with Gasteiger partial charge in [-0.2, -0.15) is 0 Å². The van der Waals surface area contributed by atoms with Gasteiger partial charge >= 0.3 is 0 Å². The first-order chi connectivity index (χ1) is 7.18. The lowest BCUT2D eigenvalue weighted by Crippen LogP contribution is -2.48. The maximum atomic E-state index is 12.0. The van der Waals surface area contributed by atoms with Gasteiger partial charge in [0.2, 0.25) is 0 Å². The average molecular weight is 213 g/mol. The largest absolute Gasteiger partial charge is 0.393 e. The van der Waals surface area contributed by atoms with Crippen molar-refractivity contribution in [3.8, 4) is 0 Å². The number of hydrogen-bond donors (Lipinski definition) is 1.